The first-order valence-corrected chi connectivity index (χ1v) is 6.45. The van der Waals surface area contributed by atoms with Crippen molar-refractivity contribution in [2.75, 3.05) is 5.32 Å². The summed E-state index contributed by atoms with van der Waals surface area (Å²) >= 11 is 0. The summed E-state index contributed by atoms with van der Waals surface area (Å²) < 4.78 is 15.0. The zero-order valence-electron chi connectivity index (χ0n) is 11.1. The van der Waals surface area contributed by atoms with Crippen LogP contribution in [0.4, 0.5) is 10.1 Å². The summed E-state index contributed by atoms with van der Waals surface area (Å²) in [4.78, 5) is 12.0. The van der Waals surface area contributed by atoms with E-state index in [1.54, 1.807) is 29.0 Å². The quantitative estimate of drug-likeness (QED) is 0.726. The lowest BCUT2D eigenvalue weighted by Crippen LogP contribution is -2.18. The van der Waals surface area contributed by atoms with Crippen LogP contribution in [0.15, 0.2) is 54.7 Å². The number of aromatic hydroxyl groups is 1. The highest BCUT2D eigenvalue weighted by Gasteiger charge is 2.07. The Morgan fingerprint density at radius 2 is 1.90 bits per heavy atom. The van der Waals surface area contributed by atoms with Crippen LogP contribution in [0, 0.1) is 5.82 Å². The molecule has 0 unspecified atom stereocenters. The summed E-state index contributed by atoms with van der Waals surface area (Å²) in [6.45, 7) is 0.0911. The minimum Gasteiger partial charge on any atom is -0.508 e. The lowest BCUT2D eigenvalue weighted by molar-refractivity contribution is -0.116. The van der Waals surface area contributed by atoms with E-state index < -0.39 is 0 Å². The largest absolute Gasteiger partial charge is 0.508 e. The second-order valence-corrected chi connectivity index (χ2v) is 4.74. The second-order valence-electron chi connectivity index (χ2n) is 4.74. The molecule has 1 aromatic heterocycles. The Bertz CT molecular complexity index is 794. The van der Waals surface area contributed by atoms with Gasteiger partial charge in [0.25, 0.3) is 0 Å². The van der Waals surface area contributed by atoms with Crippen LogP contribution in [0.5, 0.6) is 5.75 Å². The number of halogens is 1. The smallest absolute Gasteiger partial charge is 0.244 e. The molecule has 3 aromatic rings. The summed E-state index contributed by atoms with van der Waals surface area (Å²) in [6, 6.07) is 12.5. The number of phenolic OH excluding ortho intramolecular Hbond substituents is 1. The van der Waals surface area contributed by atoms with Gasteiger partial charge in [0.2, 0.25) is 5.91 Å². The molecule has 0 aliphatic rings. The van der Waals surface area contributed by atoms with Gasteiger partial charge in [-0.1, -0.05) is 0 Å². The zero-order chi connectivity index (χ0) is 14.8. The van der Waals surface area contributed by atoms with Crippen molar-refractivity contribution in [1.82, 2.24) is 4.57 Å². The number of nitrogens with one attached hydrogen (secondary N) is 1. The monoisotopic (exact) mass is 284 g/mol. The number of hydrogen-bond donors (Lipinski definition) is 2. The van der Waals surface area contributed by atoms with Crippen LogP contribution in [-0.2, 0) is 11.3 Å². The van der Waals surface area contributed by atoms with Gasteiger partial charge < -0.3 is 15.0 Å². The Morgan fingerprint density at radius 1 is 1.14 bits per heavy atom. The van der Waals surface area contributed by atoms with Gasteiger partial charge in [-0.3, -0.25) is 4.79 Å². The van der Waals surface area contributed by atoms with Crippen LogP contribution in [0.25, 0.3) is 10.9 Å². The number of aromatic nitrogens is 1. The van der Waals surface area contributed by atoms with E-state index in [0.29, 0.717) is 11.2 Å². The lowest BCUT2D eigenvalue weighted by Gasteiger charge is -2.07. The normalized spacial score (nSPS) is 10.7. The zero-order valence-corrected chi connectivity index (χ0v) is 11.1. The number of benzene rings is 2. The third kappa shape index (κ3) is 2.86. The van der Waals surface area contributed by atoms with Crippen LogP contribution in [0.3, 0.4) is 0 Å². The molecule has 0 radical (unpaired) electrons. The van der Waals surface area contributed by atoms with Crippen LogP contribution in [0.1, 0.15) is 0 Å². The Morgan fingerprint density at radius 3 is 2.67 bits per heavy atom. The summed E-state index contributed by atoms with van der Waals surface area (Å²) in [5.74, 6) is -0.413. The van der Waals surface area contributed by atoms with E-state index in [4.69, 9.17) is 0 Å². The van der Waals surface area contributed by atoms with Crippen LogP contribution in [-0.4, -0.2) is 15.6 Å². The average molecular weight is 284 g/mol. The van der Waals surface area contributed by atoms with E-state index in [2.05, 4.69) is 5.32 Å². The number of carbonyl (C=O) groups is 1. The first kappa shape index (κ1) is 13.2. The van der Waals surface area contributed by atoms with Crippen molar-refractivity contribution in [2.45, 2.75) is 6.54 Å². The van der Waals surface area contributed by atoms with Crippen molar-refractivity contribution in [3.05, 3.63) is 60.5 Å². The van der Waals surface area contributed by atoms with Crippen LogP contribution < -0.4 is 5.32 Å². The molecule has 21 heavy (non-hydrogen) atoms. The molecule has 1 heterocycles. The third-order valence-electron chi connectivity index (χ3n) is 3.20. The van der Waals surface area contributed by atoms with Gasteiger partial charge in [-0.25, -0.2) is 4.39 Å². The van der Waals surface area contributed by atoms with Gasteiger partial charge in [0.1, 0.15) is 18.1 Å². The maximum Gasteiger partial charge on any atom is 0.244 e. The summed E-state index contributed by atoms with van der Waals surface area (Å²) in [7, 11) is 0. The van der Waals surface area contributed by atoms with Crippen molar-refractivity contribution in [1.29, 1.82) is 0 Å². The highest BCUT2D eigenvalue weighted by molar-refractivity contribution is 5.92. The molecule has 0 spiro atoms. The predicted molar refractivity (Wildman–Crippen MR) is 78.6 cm³/mol. The van der Waals surface area contributed by atoms with Gasteiger partial charge in [-0.2, -0.15) is 0 Å². The maximum atomic E-state index is 13.3. The molecular weight excluding hydrogens is 271 g/mol. The van der Waals surface area contributed by atoms with Crippen LogP contribution >= 0.6 is 0 Å². The Labute approximate surface area is 120 Å². The van der Waals surface area contributed by atoms with Gasteiger partial charge in [-0.05, 0) is 53.9 Å². The molecule has 2 aromatic carbocycles. The summed E-state index contributed by atoms with van der Waals surface area (Å²) in [5.41, 5.74) is 1.27. The Hall–Kier alpha value is -2.82. The van der Waals surface area contributed by atoms with Crippen molar-refractivity contribution >= 4 is 22.5 Å². The maximum absolute atomic E-state index is 13.3. The number of carbonyl (C=O) groups excluding carboxylic acids is 1. The van der Waals surface area contributed by atoms with E-state index in [0.717, 1.165) is 5.39 Å². The molecule has 3 rings (SSSR count). The van der Waals surface area contributed by atoms with Crippen molar-refractivity contribution in [3.63, 3.8) is 0 Å². The molecule has 0 atom stereocenters. The fourth-order valence-corrected chi connectivity index (χ4v) is 2.19. The third-order valence-corrected chi connectivity index (χ3v) is 3.20. The number of nitrogens with zero attached hydrogens (tertiary/aromatic N) is 1. The van der Waals surface area contributed by atoms with Crippen molar-refractivity contribution in [2.24, 2.45) is 0 Å². The van der Waals surface area contributed by atoms with E-state index >= 15 is 0 Å². The number of amides is 1. The van der Waals surface area contributed by atoms with Crippen LogP contribution in [0.2, 0.25) is 0 Å². The standard InChI is InChI=1S/C16H13FN2O2/c17-12-2-1-11-7-8-19(15(11)9-12)10-16(21)18-13-3-5-14(20)6-4-13/h1-9,20H,10H2,(H,18,21). The molecule has 5 heteroatoms. The fraction of sp³-hybridized carbons (Fsp3) is 0.0625. The first-order chi connectivity index (χ1) is 10.1. The van der Waals surface area contributed by atoms with Gasteiger partial charge in [0, 0.05) is 11.9 Å². The van der Waals surface area contributed by atoms with Crippen molar-refractivity contribution in [3.8, 4) is 5.75 Å². The highest BCUT2D eigenvalue weighted by Crippen LogP contribution is 2.18. The summed E-state index contributed by atoms with van der Waals surface area (Å²) in [5, 5.41) is 12.8. The number of fused-ring (bicyclic) bond motifs is 1. The van der Waals surface area contributed by atoms with E-state index in [1.165, 1.54) is 24.3 Å². The number of anilines is 1. The molecule has 0 bridgehead atoms. The van der Waals surface area contributed by atoms with Gasteiger partial charge >= 0.3 is 0 Å². The molecule has 2 N–H and O–H groups in total. The van der Waals surface area contributed by atoms with Gasteiger partial charge in [-0.15, -0.1) is 0 Å². The molecule has 106 valence electrons. The summed E-state index contributed by atoms with van der Waals surface area (Å²) in [6.07, 6.45) is 1.75. The molecule has 0 saturated heterocycles. The first-order valence-electron chi connectivity index (χ1n) is 6.45. The minimum atomic E-state index is -0.332. The Kier molecular flexibility index (Phi) is 3.31. The predicted octanol–water partition coefficient (Wildman–Crippen LogP) is 3.12. The molecule has 4 nitrogen and oxygen atoms in total. The van der Waals surface area contributed by atoms with E-state index in [9.17, 15) is 14.3 Å². The molecule has 0 aliphatic heterocycles. The van der Waals surface area contributed by atoms with E-state index in [1.807, 2.05) is 6.07 Å². The number of hydrogen-bond acceptors (Lipinski definition) is 2. The SMILES string of the molecule is O=C(Cn1ccc2ccc(F)cc21)Nc1ccc(O)cc1. The molecule has 0 saturated carbocycles. The highest BCUT2D eigenvalue weighted by atomic mass is 19.1. The Balaban J connectivity index is 1.77. The van der Waals surface area contributed by atoms with E-state index in [-0.39, 0.29) is 24.0 Å². The van der Waals surface area contributed by atoms with Crippen molar-refractivity contribution < 1.29 is 14.3 Å². The fourth-order valence-electron chi connectivity index (χ4n) is 2.19. The molecule has 0 aliphatic carbocycles. The second kappa shape index (κ2) is 5.28. The van der Waals surface area contributed by atoms with Gasteiger partial charge in [0.15, 0.2) is 0 Å². The lowest BCUT2D eigenvalue weighted by atomic mass is 10.2. The topological polar surface area (TPSA) is 54.3 Å². The van der Waals surface area contributed by atoms with Gasteiger partial charge in [0.05, 0.1) is 5.52 Å². The molecule has 0 fully saturated rings. The number of phenols is 1. The number of rotatable bonds is 3. The minimum absolute atomic E-state index is 0.0911. The average Bonchev–Trinajstić information content (AvgIpc) is 2.84. The molecular formula is C16H13FN2O2. The molecule has 1 amide bonds.